The molecule has 4 heteroatoms. The van der Waals surface area contributed by atoms with E-state index in [4.69, 9.17) is 0 Å². The lowest BCUT2D eigenvalue weighted by Crippen LogP contribution is -2.27. The number of nitrogens with one attached hydrogen (secondary N) is 2. The van der Waals surface area contributed by atoms with Crippen LogP contribution in [0.4, 0.5) is 0 Å². The molecule has 0 amide bonds. The van der Waals surface area contributed by atoms with Crippen molar-refractivity contribution >= 4 is 15.9 Å². The Bertz CT molecular complexity index is 269. The standard InChI is InChI=1S/C7H10BrN3/c1-4-6-5(2-3-9-4)10-7(8)11-6/h4,9H,2-3H2,1H3,(H,10,11). The summed E-state index contributed by atoms with van der Waals surface area (Å²) in [5, 5.41) is 3.35. The Morgan fingerprint density at radius 1 is 1.64 bits per heavy atom. The van der Waals surface area contributed by atoms with Gasteiger partial charge in [-0.1, -0.05) is 0 Å². The molecule has 60 valence electrons. The lowest BCUT2D eigenvalue weighted by molar-refractivity contribution is 0.527. The largest absolute Gasteiger partial charge is 0.336 e. The van der Waals surface area contributed by atoms with Gasteiger partial charge in [0.1, 0.15) is 0 Å². The SMILES string of the molecule is CC1NCCc2[nH]c(Br)nc21. The molecule has 0 radical (unpaired) electrons. The Hall–Kier alpha value is -0.350. The van der Waals surface area contributed by atoms with Crippen molar-refractivity contribution in [3.8, 4) is 0 Å². The highest BCUT2D eigenvalue weighted by Crippen LogP contribution is 2.21. The minimum absolute atomic E-state index is 0.390. The van der Waals surface area contributed by atoms with E-state index in [2.05, 4.69) is 38.1 Å². The van der Waals surface area contributed by atoms with Crippen molar-refractivity contribution in [3.05, 3.63) is 16.1 Å². The molecule has 0 saturated heterocycles. The van der Waals surface area contributed by atoms with Gasteiger partial charge in [0.25, 0.3) is 0 Å². The highest BCUT2D eigenvalue weighted by Gasteiger charge is 2.18. The summed E-state index contributed by atoms with van der Waals surface area (Å²) in [4.78, 5) is 7.52. The molecule has 1 unspecified atom stereocenters. The molecule has 2 heterocycles. The molecule has 0 bridgehead atoms. The average Bonchev–Trinajstić information content (AvgIpc) is 2.31. The number of rotatable bonds is 0. The van der Waals surface area contributed by atoms with E-state index in [9.17, 15) is 0 Å². The molecule has 0 aromatic carbocycles. The summed E-state index contributed by atoms with van der Waals surface area (Å²) in [6.07, 6.45) is 1.05. The fourth-order valence-electron chi connectivity index (χ4n) is 1.45. The summed E-state index contributed by atoms with van der Waals surface area (Å²) in [5.74, 6) is 0. The molecule has 2 rings (SSSR count). The van der Waals surface area contributed by atoms with Crippen molar-refractivity contribution in [2.75, 3.05) is 6.54 Å². The second-order valence-electron chi connectivity index (χ2n) is 2.82. The first-order valence-corrected chi connectivity index (χ1v) is 4.54. The third kappa shape index (κ3) is 1.20. The molecule has 0 aliphatic carbocycles. The maximum absolute atomic E-state index is 4.33. The van der Waals surface area contributed by atoms with Gasteiger partial charge in [-0.2, -0.15) is 0 Å². The van der Waals surface area contributed by atoms with Crippen molar-refractivity contribution in [2.45, 2.75) is 19.4 Å². The van der Waals surface area contributed by atoms with Gasteiger partial charge in [0.15, 0.2) is 4.73 Å². The van der Waals surface area contributed by atoms with Crippen LogP contribution >= 0.6 is 15.9 Å². The van der Waals surface area contributed by atoms with Crippen LogP contribution in [0.2, 0.25) is 0 Å². The van der Waals surface area contributed by atoms with Gasteiger partial charge >= 0.3 is 0 Å². The van der Waals surface area contributed by atoms with Gasteiger partial charge in [-0.3, -0.25) is 0 Å². The van der Waals surface area contributed by atoms with E-state index in [-0.39, 0.29) is 0 Å². The van der Waals surface area contributed by atoms with Crippen molar-refractivity contribution in [1.82, 2.24) is 15.3 Å². The molecule has 1 aromatic rings. The summed E-state index contributed by atoms with van der Waals surface area (Å²) >= 11 is 3.33. The lowest BCUT2D eigenvalue weighted by atomic mass is 10.1. The summed E-state index contributed by atoms with van der Waals surface area (Å²) in [7, 11) is 0. The molecular weight excluding hydrogens is 206 g/mol. The van der Waals surface area contributed by atoms with E-state index in [1.54, 1.807) is 0 Å². The topological polar surface area (TPSA) is 40.7 Å². The average molecular weight is 216 g/mol. The quantitative estimate of drug-likeness (QED) is 0.687. The van der Waals surface area contributed by atoms with Crippen molar-refractivity contribution in [2.24, 2.45) is 0 Å². The Kier molecular flexibility index (Phi) is 1.73. The van der Waals surface area contributed by atoms with E-state index < -0.39 is 0 Å². The molecule has 2 N–H and O–H groups in total. The minimum Gasteiger partial charge on any atom is -0.336 e. The summed E-state index contributed by atoms with van der Waals surface area (Å²) in [5.41, 5.74) is 2.42. The molecule has 0 fully saturated rings. The number of hydrogen-bond donors (Lipinski definition) is 2. The predicted molar refractivity (Wildman–Crippen MR) is 46.4 cm³/mol. The Balaban J connectivity index is 2.43. The normalized spacial score (nSPS) is 23.3. The number of aromatic nitrogens is 2. The zero-order chi connectivity index (χ0) is 7.84. The third-order valence-electron chi connectivity index (χ3n) is 2.02. The smallest absolute Gasteiger partial charge is 0.174 e. The van der Waals surface area contributed by atoms with Crippen LogP contribution in [0.15, 0.2) is 4.73 Å². The van der Waals surface area contributed by atoms with Crippen molar-refractivity contribution in [1.29, 1.82) is 0 Å². The molecule has 1 aliphatic rings. The van der Waals surface area contributed by atoms with Crippen LogP contribution in [0.3, 0.4) is 0 Å². The lowest BCUT2D eigenvalue weighted by Gasteiger charge is -2.18. The monoisotopic (exact) mass is 215 g/mol. The summed E-state index contributed by atoms with van der Waals surface area (Å²) < 4.78 is 0.845. The van der Waals surface area contributed by atoms with E-state index in [0.717, 1.165) is 23.4 Å². The summed E-state index contributed by atoms with van der Waals surface area (Å²) in [6, 6.07) is 0.390. The predicted octanol–water partition coefficient (Wildman–Crippen LogP) is 1.38. The van der Waals surface area contributed by atoms with Gasteiger partial charge in [-0.05, 0) is 22.9 Å². The highest BCUT2D eigenvalue weighted by atomic mass is 79.9. The zero-order valence-electron chi connectivity index (χ0n) is 6.32. The first kappa shape index (κ1) is 7.31. The van der Waals surface area contributed by atoms with Gasteiger partial charge in [0.05, 0.1) is 5.69 Å². The number of aromatic amines is 1. The van der Waals surface area contributed by atoms with Crippen LogP contribution < -0.4 is 5.32 Å². The molecule has 1 aromatic heterocycles. The van der Waals surface area contributed by atoms with E-state index >= 15 is 0 Å². The third-order valence-corrected chi connectivity index (χ3v) is 2.39. The van der Waals surface area contributed by atoms with Crippen molar-refractivity contribution in [3.63, 3.8) is 0 Å². The molecular formula is C7H10BrN3. The fraction of sp³-hybridized carbons (Fsp3) is 0.571. The fourth-order valence-corrected chi connectivity index (χ4v) is 1.88. The molecule has 11 heavy (non-hydrogen) atoms. The maximum atomic E-state index is 4.33. The van der Waals surface area contributed by atoms with Crippen molar-refractivity contribution < 1.29 is 0 Å². The van der Waals surface area contributed by atoms with Gasteiger partial charge < -0.3 is 10.3 Å². The maximum Gasteiger partial charge on any atom is 0.174 e. The van der Waals surface area contributed by atoms with E-state index in [1.165, 1.54) is 5.69 Å². The van der Waals surface area contributed by atoms with E-state index in [1.807, 2.05) is 0 Å². The first-order chi connectivity index (χ1) is 5.27. The van der Waals surface area contributed by atoms with Crippen LogP contribution in [0.1, 0.15) is 24.4 Å². The van der Waals surface area contributed by atoms with Crippen LogP contribution in [0, 0.1) is 0 Å². The molecule has 3 nitrogen and oxygen atoms in total. The van der Waals surface area contributed by atoms with Crippen LogP contribution in [0.5, 0.6) is 0 Å². The van der Waals surface area contributed by atoms with Crippen LogP contribution in [-0.4, -0.2) is 16.5 Å². The van der Waals surface area contributed by atoms with Gasteiger partial charge in [-0.15, -0.1) is 0 Å². The number of nitrogens with zero attached hydrogens (tertiary/aromatic N) is 1. The van der Waals surface area contributed by atoms with Gasteiger partial charge in [0.2, 0.25) is 0 Å². The number of halogens is 1. The minimum atomic E-state index is 0.390. The van der Waals surface area contributed by atoms with Crippen LogP contribution in [0.25, 0.3) is 0 Å². The Morgan fingerprint density at radius 2 is 2.45 bits per heavy atom. The van der Waals surface area contributed by atoms with Crippen LogP contribution in [-0.2, 0) is 6.42 Å². The zero-order valence-corrected chi connectivity index (χ0v) is 7.90. The second-order valence-corrected chi connectivity index (χ2v) is 3.57. The Labute approximate surface area is 73.7 Å². The molecule has 1 atom stereocenters. The first-order valence-electron chi connectivity index (χ1n) is 3.75. The number of imidazole rings is 1. The second kappa shape index (κ2) is 2.60. The van der Waals surface area contributed by atoms with Gasteiger partial charge in [-0.25, -0.2) is 4.98 Å². The number of fused-ring (bicyclic) bond motifs is 1. The molecule has 1 aliphatic heterocycles. The number of H-pyrrole nitrogens is 1. The highest BCUT2D eigenvalue weighted by molar-refractivity contribution is 9.10. The molecule has 0 saturated carbocycles. The number of hydrogen-bond acceptors (Lipinski definition) is 2. The van der Waals surface area contributed by atoms with Gasteiger partial charge in [0, 0.05) is 24.7 Å². The van der Waals surface area contributed by atoms with E-state index in [0.29, 0.717) is 6.04 Å². The Morgan fingerprint density at radius 3 is 3.18 bits per heavy atom. The summed E-state index contributed by atoms with van der Waals surface area (Å²) in [6.45, 7) is 3.17. The molecule has 0 spiro atoms.